The van der Waals surface area contributed by atoms with Gasteiger partial charge in [0.05, 0.1) is 6.20 Å². The number of aromatic nitrogens is 2. The third-order valence-corrected chi connectivity index (χ3v) is 9.25. The standard InChI is InChI=1S/C27H45N7O/c1-5-23-26(35)32(4)24-18-28-27(30-25(24)34(23)22-8-6-7-9-22)29-19(2)20-10-16-33(17-11-20)21-12-14-31(3)15-13-21/h18-23H,5-17H2,1-4H3,(H,28,29,30)/t19-,23+/m0/s1. The van der Waals surface area contributed by atoms with Gasteiger partial charge in [0.15, 0.2) is 5.82 Å². The van der Waals surface area contributed by atoms with Gasteiger partial charge in [0.1, 0.15) is 11.7 Å². The second-order valence-corrected chi connectivity index (χ2v) is 11.4. The summed E-state index contributed by atoms with van der Waals surface area (Å²) in [6.07, 6.45) is 12.5. The second kappa shape index (κ2) is 10.6. The quantitative estimate of drug-likeness (QED) is 0.663. The van der Waals surface area contributed by atoms with Crippen LogP contribution < -0.4 is 15.1 Å². The summed E-state index contributed by atoms with van der Waals surface area (Å²) in [5, 5.41) is 3.65. The van der Waals surface area contributed by atoms with Crippen molar-refractivity contribution in [2.24, 2.45) is 5.92 Å². The van der Waals surface area contributed by atoms with Gasteiger partial charge in [-0.15, -0.1) is 0 Å². The Kier molecular flexibility index (Phi) is 7.49. The van der Waals surface area contributed by atoms with Crippen molar-refractivity contribution >= 4 is 23.4 Å². The molecule has 3 fully saturated rings. The molecular weight excluding hydrogens is 438 g/mol. The molecule has 4 heterocycles. The molecular formula is C27H45N7O. The summed E-state index contributed by atoms with van der Waals surface area (Å²) in [5.74, 6) is 2.44. The Hall–Kier alpha value is -1.93. The highest BCUT2D eigenvalue weighted by Crippen LogP contribution is 2.40. The Morgan fingerprint density at radius 3 is 2.34 bits per heavy atom. The van der Waals surface area contributed by atoms with E-state index >= 15 is 0 Å². The summed E-state index contributed by atoms with van der Waals surface area (Å²) in [7, 11) is 4.11. The number of fused-ring (bicyclic) bond motifs is 1. The number of nitrogens with one attached hydrogen (secondary N) is 1. The van der Waals surface area contributed by atoms with E-state index in [1.165, 1.54) is 64.7 Å². The van der Waals surface area contributed by atoms with Crippen molar-refractivity contribution in [1.82, 2.24) is 19.8 Å². The van der Waals surface area contributed by atoms with Gasteiger partial charge in [-0.2, -0.15) is 4.98 Å². The monoisotopic (exact) mass is 483 g/mol. The van der Waals surface area contributed by atoms with Gasteiger partial charge < -0.3 is 24.9 Å². The maximum absolute atomic E-state index is 13.1. The summed E-state index contributed by atoms with van der Waals surface area (Å²) in [4.78, 5) is 32.1. The van der Waals surface area contributed by atoms with Crippen LogP contribution in [-0.4, -0.2) is 90.1 Å². The van der Waals surface area contributed by atoms with Crippen LogP contribution in [0.2, 0.25) is 0 Å². The summed E-state index contributed by atoms with van der Waals surface area (Å²) in [5.41, 5.74) is 0.844. The molecule has 4 aliphatic rings. The molecule has 3 aliphatic heterocycles. The second-order valence-electron chi connectivity index (χ2n) is 11.4. The van der Waals surface area contributed by atoms with Gasteiger partial charge in [0.25, 0.3) is 0 Å². The molecule has 1 amide bonds. The molecule has 0 unspecified atom stereocenters. The summed E-state index contributed by atoms with van der Waals surface area (Å²) < 4.78 is 0. The maximum atomic E-state index is 13.1. The third-order valence-electron chi connectivity index (χ3n) is 9.25. The molecule has 2 saturated heterocycles. The minimum absolute atomic E-state index is 0.125. The zero-order chi connectivity index (χ0) is 24.5. The van der Waals surface area contributed by atoms with Gasteiger partial charge in [-0.05, 0) is 91.0 Å². The number of likely N-dealkylation sites (tertiary alicyclic amines) is 2. The predicted molar refractivity (Wildman–Crippen MR) is 142 cm³/mol. The number of rotatable bonds is 6. The van der Waals surface area contributed by atoms with Crippen molar-refractivity contribution < 1.29 is 4.79 Å². The number of amides is 1. The van der Waals surface area contributed by atoms with E-state index in [1.807, 2.05) is 13.2 Å². The molecule has 35 heavy (non-hydrogen) atoms. The minimum Gasteiger partial charge on any atom is -0.351 e. The lowest BCUT2D eigenvalue weighted by molar-refractivity contribution is -0.120. The van der Waals surface area contributed by atoms with E-state index in [9.17, 15) is 4.79 Å². The highest BCUT2D eigenvalue weighted by atomic mass is 16.2. The molecule has 1 saturated carbocycles. The van der Waals surface area contributed by atoms with Crippen LogP contribution in [0.5, 0.6) is 0 Å². The van der Waals surface area contributed by atoms with Crippen LogP contribution in [0.1, 0.15) is 71.6 Å². The molecule has 0 bridgehead atoms. The van der Waals surface area contributed by atoms with Crippen molar-refractivity contribution in [3.05, 3.63) is 6.20 Å². The molecule has 1 N–H and O–H groups in total. The van der Waals surface area contributed by atoms with Crippen molar-refractivity contribution in [1.29, 1.82) is 0 Å². The number of nitrogens with zero attached hydrogens (tertiary/aromatic N) is 6. The van der Waals surface area contributed by atoms with Crippen molar-refractivity contribution in [3.8, 4) is 0 Å². The first-order valence-corrected chi connectivity index (χ1v) is 14.1. The van der Waals surface area contributed by atoms with Crippen LogP contribution >= 0.6 is 0 Å². The Morgan fingerprint density at radius 2 is 1.69 bits per heavy atom. The fourth-order valence-corrected chi connectivity index (χ4v) is 6.92. The van der Waals surface area contributed by atoms with Crippen molar-refractivity contribution in [3.63, 3.8) is 0 Å². The van der Waals surface area contributed by atoms with Crippen LogP contribution in [0.15, 0.2) is 6.20 Å². The molecule has 1 aliphatic carbocycles. The summed E-state index contributed by atoms with van der Waals surface area (Å²) in [6.45, 7) is 9.28. The van der Waals surface area contributed by atoms with E-state index < -0.39 is 0 Å². The average Bonchev–Trinajstić information content (AvgIpc) is 3.41. The smallest absolute Gasteiger partial charge is 0.249 e. The first-order chi connectivity index (χ1) is 17.0. The Labute approximate surface area is 211 Å². The van der Waals surface area contributed by atoms with Crippen LogP contribution in [-0.2, 0) is 4.79 Å². The molecule has 2 atom stereocenters. The SMILES string of the molecule is CC[C@@H]1C(=O)N(C)c2cnc(N[C@@H](C)C3CCN(C4CCN(C)CC4)CC3)nc2N1C1CCCC1. The molecule has 8 nitrogen and oxygen atoms in total. The maximum Gasteiger partial charge on any atom is 0.249 e. The van der Waals surface area contributed by atoms with E-state index in [2.05, 4.69) is 45.9 Å². The van der Waals surface area contributed by atoms with Gasteiger partial charge in [0.2, 0.25) is 11.9 Å². The van der Waals surface area contributed by atoms with Crippen molar-refractivity contribution in [2.45, 2.75) is 95.8 Å². The largest absolute Gasteiger partial charge is 0.351 e. The lowest BCUT2D eigenvalue weighted by Crippen LogP contribution is -2.55. The normalized spacial score (nSPS) is 26.9. The topological polar surface area (TPSA) is 67.8 Å². The van der Waals surface area contributed by atoms with Gasteiger partial charge in [-0.25, -0.2) is 4.98 Å². The molecule has 0 aromatic carbocycles. The van der Waals surface area contributed by atoms with E-state index in [0.29, 0.717) is 23.9 Å². The van der Waals surface area contributed by atoms with Gasteiger partial charge >= 0.3 is 0 Å². The number of piperidine rings is 2. The number of hydrogen-bond donors (Lipinski definition) is 1. The van der Waals surface area contributed by atoms with Crippen LogP contribution in [0, 0.1) is 5.92 Å². The van der Waals surface area contributed by atoms with Gasteiger partial charge in [-0.3, -0.25) is 4.79 Å². The zero-order valence-electron chi connectivity index (χ0n) is 22.2. The molecule has 0 radical (unpaired) electrons. The molecule has 8 heteroatoms. The van der Waals surface area contributed by atoms with E-state index in [4.69, 9.17) is 4.98 Å². The first-order valence-electron chi connectivity index (χ1n) is 14.1. The first kappa shape index (κ1) is 24.8. The van der Waals surface area contributed by atoms with Gasteiger partial charge in [0, 0.05) is 25.2 Å². The molecule has 194 valence electrons. The Bertz CT molecular complexity index is 872. The lowest BCUT2D eigenvalue weighted by Gasteiger charge is -2.43. The predicted octanol–water partition coefficient (Wildman–Crippen LogP) is 3.59. The van der Waals surface area contributed by atoms with Crippen LogP contribution in [0.25, 0.3) is 0 Å². The third kappa shape index (κ3) is 5.01. The van der Waals surface area contributed by atoms with E-state index in [1.54, 1.807) is 4.90 Å². The van der Waals surface area contributed by atoms with Crippen LogP contribution in [0.4, 0.5) is 17.5 Å². The number of carbonyl (C=O) groups excluding carboxylic acids is 1. The summed E-state index contributed by atoms with van der Waals surface area (Å²) in [6, 6.07) is 1.38. The molecule has 1 aromatic heterocycles. The van der Waals surface area contributed by atoms with E-state index in [-0.39, 0.29) is 11.9 Å². The Balaban J connectivity index is 1.26. The fraction of sp³-hybridized carbons (Fsp3) is 0.815. The molecule has 0 spiro atoms. The molecule has 1 aromatic rings. The fourth-order valence-electron chi connectivity index (χ4n) is 6.92. The number of carbonyl (C=O) groups is 1. The highest BCUT2D eigenvalue weighted by molar-refractivity contribution is 6.04. The minimum atomic E-state index is -0.125. The van der Waals surface area contributed by atoms with E-state index in [0.717, 1.165) is 36.8 Å². The molecule has 5 rings (SSSR count). The average molecular weight is 484 g/mol. The van der Waals surface area contributed by atoms with Crippen LogP contribution in [0.3, 0.4) is 0 Å². The summed E-state index contributed by atoms with van der Waals surface area (Å²) >= 11 is 0. The Morgan fingerprint density at radius 1 is 1.00 bits per heavy atom. The lowest BCUT2D eigenvalue weighted by atomic mass is 9.88. The highest BCUT2D eigenvalue weighted by Gasteiger charge is 2.41. The number of likely N-dealkylation sites (N-methyl/N-ethyl adjacent to an activating group) is 1. The number of hydrogen-bond acceptors (Lipinski definition) is 7. The van der Waals surface area contributed by atoms with Crippen molar-refractivity contribution in [2.75, 3.05) is 55.4 Å². The number of anilines is 3. The van der Waals surface area contributed by atoms with Gasteiger partial charge in [-0.1, -0.05) is 19.8 Å². The zero-order valence-corrected chi connectivity index (χ0v) is 22.2.